The highest BCUT2D eigenvalue weighted by Gasteiger charge is 2.14. The second-order valence-electron chi connectivity index (χ2n) is 4.20. The Bertz CT molecular complexity index is 361. The second kappa shape index (κ2) is 4.88. The minimum absolute atomic E-state index is 0.478. The Morgan fingerprint density at radius 2 is 2.13 bits per heavy atom. The Morgan fingerprint density at radius 1 is 1.33 bits per heavy atom. The third-order valence-corrected chi connectivity index (χ3v) is 3.12. The molecule has 1 aliphatic rings. The molecule has 0 aliphatic heterocycles. The fourth-order valence-electron chi connectivity index (χ4n) is 2.25. The molecule has 0 spiro atoms. The molecule has 0 bridgehead atoms. The number of nitrogens with zero attached hydrogens (tertiary/aromatic N) is 3. The molecule has 1 aromatic heterocycles. The van der Waals surface area contributed by atoms with Gasteiger partial charge >= 0.3 is 0 Å². The van der Waals surface area contributed by atoms with E-state index in [1.807, 2.05) is 6.07 Å². The predicted molar refractivity (Wildman–Crippen MR) is 57.0 cm³/mol. The summed E-state index contributed by atoms with van der Waals surface area (Å²) >= 11 is 0. The van der Waals surface area contributed by atoms with Gasteiger partial charge in [0.05, 0.1) is 0 Å². The van der Waals surface area contributed by atoms with Gasteiger partial charge in [0.25, 0.3) is 0 Å². The first-order chi connectivity index (χ1) is 7.38. The second-order valence-corrected chi connectivity index (χ2v) is 4.20. The number of hydrogen-bond donors (Lipinski definition) is 0. The summed E-state index contributed by atoms with van der Waals surface area (Å²) in [7, 11) is 0. The van der Waals surface area contributed by atoms with E-state index in [0.29, 0.717) is 5.69 Å². The Labute approximate surface area is 90.2 Å². The zero-order chi connectivity index (χ0) is 10.5. The SMILES string of the molecule is N#Cc1cc(CCC2CCCC2)ncn1. The van der Waals surface area contributed by atoms with Gasteiger partial charge < -0.3 is 0 Å². The van der Waals surface area contributed by atoms with Gasteiger partial charge in [0.1, 0.15) is 18.1 Å². The molecule has 1 aliphatic carbocycles. The summed E-state index contributed by atoms with van der Waals surface area (Å²) in [5, 5.41) is 8.70. The number of aryl methyl sites for hydroxylation is 1. The van der Waals surface area contributed by atoms with Crippen molar-refractivity contribution in [3.8, 4) is 6.07 Å². The van der Waals surface area contributed by atoms with E-state index in [2.05, 4.69) is 9.97 Å². The number of aromatic nitrogens is 2. The minimum Gasteiger partial charge on any atom is -0.241 e. The Balaban J connectivity index is 1.90. The lowest BCUT2D eigenvalue weighted by molar-refractivity contribution is 0.500. The summed E-state index contributed by atoms with van der Waals surface area (Å²) < 4.78 is 0. The average Bonchev–Trinajstić information content (AvgIpc) is 2.79. The highest BCUT2D eigenvalue weighted by Crippen LogP contribution is 2.28. The van der Waals surface area contributed by atoms with Crippen molar-refractivity contribution in [1.29, 1.82) is 5.26 Å². The van der Waals surface area contributed by atoms with Crippen LogP contribution in [0.5, 0.6) is 0 Å². The molecular formula is C12H15N3. The molecule has 0 amide bonds. The summed E-state index contributed by atoms with van der Waals surface area (Å²) in [5.41, 5.74) is 1.49. The monoisotopic (exact) mass is 201 g/mol. The Morgan fingerprint density at radius 3 is 2.87 bits per heavy atom. The van der Waals surface area contributed by atoms with Gasteiger partial charge in [-0.05, 0) is 24.8 Å². The van der Waals surface area contributed by atoms with Crippen molar-refractivity contribution >= 4 is 0 Å². The average molecular weight is 201 g/mol. The first kappa shape index (κ1) is 10.1. The minimum atomic E-state index is 0.478. The van der Waals surface area contributed by atoms with E-state index < -0.39 is 0 Å². The van der Waals surface area contributed by atoms with Crippen LogP contribution in [0, 0.1) is 17.2 Å². The van der Waals surface area contributed by atoms with E-state index in [-0.39, 0.29) is 0 Å². The molecule has 1 fully saturated rings. The number of rotatable bonds is 3. The number of hydrogen-bond acceptors (Lipinski definition) is 3. The third kappa shape index (κ3) is 2.76. The first-order valence-corrected chi connectivity index (χ1v) is 5.59. The normalized spacial score (nSPS) is 16.5. The molecule has 0 radical (unpaired) electrons. The van der Waals surface area contributed by atoms with Crippen LogP contribution in [-0.4, -0.2) is 9.97 Å². The molecule has 3 nitrogen and oxygen atoms in total. The maximum atomic E-state index is 8.70. The molecule has 78 valence electrons. The largest absolute Gasteiger partial charge is 0.241 e. The van der Waals surface area contributed by atoms with Gasteiger partial charge in [0, 0.05) is 5.69 Å². The lowest BCUT2D eigenvalue weighted by atomic mass is 10.0. The van der Waals surface area contributed by atoms with Gasteiger partial charge in [-0.25, -0.2) is 9.97 Å². The maximum Gasteiger partial charge on any atom is 0.144 e. The van der Waals surface area contributed by atoms with Gasteiger partial charge in [-0.15, -0.1) is 0 Å². The van der Waals surface area contributed by atoms with E-state index >= 15 is 0 Å². The molecule has 0 aromatic carbocycles. The molecule has 1 saturated carbocycles. The van der Waals surface area contributed by atoms with Gasteiger partial charge in [-0.2, -0.15) is 5.26 Å². The van der Waals surface area contributed by atoms with Crippen LogP contribution in [0.25, 0.3) is 0 Å². The summed E-state index contributed by atoms with van der Waals surface area (Å²) in [5.74, 6) is 0.880. The molecular weight excluding hydrogens is 186 g/mol. The van der Waals surface area contributed by atoms with Crippen LogP contribution >= 0.6 is 0 Å². The molecule has 0 saturated heterocycles. The van der Waals surface area contributed by atoms with Crippen molar-refractivity contribution in [2.75, 3.05) is 0 Å². The molecule has 2 rings (SSSR count). The Kier molecular flexibility index (Phi) is 3.29. The molecule has 1 heterocycles. The quantitative estimate of drug-likeness (QED) is 0.754. The fourth-order valence-corrected chi connectivity index (χ4v) is 2.25. The summed E-state index contributed by atoms with van der Waals surface area (Å²) in [4.78, 5) is 8.05. The third-order valence-electron chi connectivity index (χ3n) is 3.12. The van der Waals surface area contributed by atoms with E-state index in [9.17, 15) is 0 Å². The van der Waals surface area contributed by atoms with Crippen LogP contribution in [0.2, 0.25) is 0 Å². The van der Waals surface area contributed by atoms with E-state index in [1.165, 1.54) is 38.4 Å². The lowest BCUT2D eigenvalue weighted by Gasteiger charge is -2.07. The Hall–Kier alpha value is -1.43. The van der Waals surface area contributed by atoms with Crippen LogP contribution < -0.4 is 0 Å². The van der Waals surface area contributed by atoms with Gasteiger partial charge in [0.15, 0.2) is 0 Å². The van der Waals surface area contributed by atoms with E-state index in [0.717, 1.165) is 18.0 Å². The van der Waals surface area contributed by atoms with Crippen molar-refractivity contribution in [2.24, 2.45) is 5.92 Å². The van der Waals surface area contributed by atoms with Crippen LogP contribution in [0.15, 0.2) is 12.4 Å². The summed E-state index contributed by atoms with van der Waals surface area (Å²) in [6.45, 7) is 0. The zero-order valence-electron chi connectivity index (χ0n) is 8.82. The van der Waals surface area contributed by atoms with Crippen molar-refractivity contribution in [3.63, 3.8) is 0 Å². The van der Waals surface area contributed by atoms with Crippen LogP contribution in [0.4, 0.5) is 0 Å². The lowest BCUT2D eigenvalue weighted by Crippen LogP contribution is -1.99. The van der Waals surface area contributed by atoms with Gasteiger partial charge in [-0.1, -0.05) is 25.7 Å². The first-order valence-electron chi connectivity index (χ1n) is 5.59. The van der Waals surface area contributed by atoms with Crippen molar-refractivity contribution in [2.45, 2.75) is 38.5 Å². The highest BCUT2D eigenvalue weighted by molar-refractivity contribution is 5.20. The summed E-state index contributed by atoms with van der Waals surface area (Å²) in [6.07, 6.45) is 9.20. The maximum absolute atomic E-state index is 8.70. The molecule has 0 atom stereocenters. The van der Waals surface area contributed by atoms with Crippen LogP contribution in [0.3, 0.4) is 0 Å². The van der Waals surface area contributed by atoms with Crippen molar-refractivity contribution in [1.82, 2.24) is 9.97 Å². The standard InChI is InChI=1S/C12H15N3/c13-8-12-7-11(14-9-15-12)6-5-10-3-1-2-4-10/h7,9-10H,1-6H2. The zero-order valence-corrected chi connectivity index (χ0v) is 8.82. The fraction of sp³-hybridized carbons (Fsp3) is 0.583. The van der Waals surface area contributed by atoms with E-state index in [4.69, 9.17) is 5.26 Å². The van der Waals surface area contributed by atoms with Gasteiger partial charge in [-0.3, -0.25) is 0 Å². The predicted octanol–water partition coefficient (Wildman–Crippen LogP) is 2.47. The van der Waals surface area contributed by atoms with E-state index in [1.54, 1.807) is 6.07 Å². The molecule has 15 heavy (non-hydrogen) atoms. The van der Waals surface area contributed by atoms with Crippen molar-refractivity contribution < 1.29 is 0 Å². The van der Waals surface area contributed by atoms with Gasteiger partial charge in [0.2, 0.25) is 0 Å². The summed E-state index contributed by atoms with van der Waals surface area (Å²) in [6, 6.07) is 3.84. The molecule has 3 heteroatoms. The topological polar surface area (TPSA) is 49.6 Å². The molecule has 0 unspecified atom stereocenters. The van der Waals surface area contributed by atoms with Crippen molar-refractivity contribution in [3.05, 3.63) is 23.8 Å². The number of nitriles is 1. The smallest absolute Gasteiger partial charge is 0.144 e. The molecule has 1 aromatic rings. The van der Waals surface area contributed by atoms with Crippen LogP contribution in [0.1, 0.15) is 43.5 Å². The molecule has 0 N–H and O–H groups in total. The highest BCUT2D eigenvalue weighted by atomic mass is 14.8. The van der Waals surface area contributed by atoms with Crippen LogP contribution in [-0.2, 0) is 6.42 Å².